The van der Waals surface area contributed by atoms with Gasteiger partial charge in [0.25, 0.3) is 10.0 Å². The summed E-state index contributed by atoms with van der Waals surface area (Å²) in [5, 5.41) is 3.16. The van der Waals surface area contributed by atoms with Crippen molar-refractivity contribution < 1.29 is 21.6 Å². The van der Waals surface area contributed by atoms with E-state index in [0.717, 1.165) is 12.0 Å². The third-order valence-electron chi connectivity index (χ3n) is 5.12. The molecule has 3 rings (SSSR count). The van der Waals surface area contributed by atoms with Gasteiger partial charge in [0.15, 0.2) is 0 Å². The van der Waals surface area contributed by atoms with E-state index >= 15 is 0 Å². The highest BCUT2D eigenvalue weighted by molar-refractivity contribution is 7.92. The molecular weight excluding hydrogens is 438 g/mol. The lowest BCUT2D eigenvalue weighted by molar-refractivity contribution is 0.356. The summed E-state index contributed by atoms with van der Waals surface area (Å²) in [4.78, 5) is 0.147. The van der Waals surface area contributed by atoms with Gasteiger partial charge in [-0.2, -0.15) is 4.31 Å². The van der Waals surface area contributed by atoms with Gasteiger partial charge in [0.1, 0.15) is 5.75 Å². The van der Waals surface area contributed by atoms with E-state index < -0.39 is 20.0 Å². The summed E-state index contributed by atoms with van der Waals surface area (Å²) < 4.78 is 61.4. The molecule has 0 unspecified atom stereocenters. The highest BCUT2D eigenvalue weighted by Gasteiger charge is 2.25. The van der Waals surface area contributed by atoms with Gasteiger partial charge in [0, 0.05) is 26.1 Å². The summed E-state index contributed by atoms with van der Waals surface area (Å²) in [5.41, 5.74) is 1.55. The topological polar surface area (TPSA) is 105 Å². The molecule has 1 heterocycles. The molecule has 0 aliphatic carbocycles. The van der Waals surface area contributed by atoms with Gasteiger partial charge >= 0.3 is 0 Å². The standard InChI is InChI=1S/C21H29N3O5S2/c1-4-12-22-19-9-7-18(31(27,28)24(5-2)6-3)15-20(19)23-30(25,26)17-8-10-21-16(14-17)11-13-29-21/h7-10,14-15,22-23H,4-6,11-13H2,1-3H3. The van der Waals surface area contributed by atoms with Crippen molar-refractivity contribution in [1.82, 2.24) is 4.31 Å². The minimum Gasteiger partial charge on any atom is -0.493 e. The molecule has 1 aliphatic rings. The maximum absolute atomic E-state index is 13.1. The van der Waals surface area contributed by atoms with Crippen molar-refractivity contribution in [1.29, 1.82) is 0 Å². The third-order valence-corrected chi connectivity index (χ3v) is 8.52. The van der Waals surface area contributed by atoms with Crippen LogP contribution in [0.3, 0.4) is 0 Å². The molecular formula is C21H29N3O5S2. The molecule has 2 N–H and O–H groups in total. The third kappa shape index (κ3) is 4.97. The Kier molecular flexibility index (Phi) is 7.13. The van der Waals surface area contributed by atoms with E-state index in [-0.39, 0.29) is 15.5 Å². The molecule has 0 saturated carbocycles. The molecule has 170 valence electrons. The molecule has 0 spiro atoms. The minimum atomic E-state index is -3.93. The first-order valence-electron chi connectivity index (χ1n) is 10.4. The summed E-state index contributed by atoms with van der Waals surface area (Å²) in [6, 6.07) is 9.20. The molecule has 0 atom stereocenters. The van der Waals surface area contributed by atoms with Crippen molar-refractivity contribution in [2.75, 3.05) is 36.3 Å². The number of benzene rings is 2. The maximum Gasteiger partial charge on any atom is 0.261 e. The fourth-order valence-corrected chi connectivity index (χ4v) is 6.03. The number of anilines is 2. The van der Waals surface area contributed by atoms with Crippen LogP contribution in [-0.4, -0.2) is 47.4 Å². The highest BCUT2D eigenvalue weighted by atomic mass is 32.2. The van der Waals surface area contributed by atoms with Gasteiger partial charge in [-0.25, -0.2) is 16.8 Å². The zero-order valence-electron chi connectivity index (χ0n) is 18.0. The number of nitrogens with zero attached hydrogens (tertiary/aromatic N) is 1. The molecule has 10 heteroatoms. The van der Waals surface area contributed by atoms with Crippen LogP contribution in [0.15, 0.2) is 46.2 Å². The smallest absolute Gasteiger partial charge is 0.261 e. The van der Waals surface area contributed by atoms with Crippen LogP contribution < -0.4 is 14.8 Å². The van der Waals surface area contributed by atoms with E-state index in [4.69, 9.17) is 4.74 Å². The van der Waals surface area contributed by atoms with Crippen molar-refractivity contribution >= 4 is 31.4 Å². The maximum atomic E-state index is 13.1. The number of fused-ring (bicyclic) bond motifs is 1. The van der Waals surface area contributed by atoms with Crippen LogP contribution in [-0.2, 0) is 26.5 Å². The van der Waals surface area contributed by atoms with E-state index in [1.54, 1.807) is 32.0 Å². The van der Waals surface area contributed by atoms with Crippen LogP contribution in [0.2, 0.25) is 0 Å². The van der Waals surface area contributed by atoms with Crippen molar-refractivity contribution in [2.24, 2.45) is 0 Å². The highest BCUT2D eigenvalue weighted by Crippen LogP contribution is 2.32. The van der Waals surface area contributed by atoms with Crippen LogP contribution in [0.5, 0.6) is 5.75 Å². The van der Waals surface area contributed by atoms with Gasteiger partial charge in [0.2, 0.25) is 10.0 Å². The zero-order chi connectivity index (χ0) is 22.6. The van der Waals surface area contributed by atoms with E-state index in [9.17, 15) is 16.8 Å². The summed E-state index contributed by atoms with van der Waals surface area (Å²) in [5.74, 6) is 0.691. The van der Waals surface area contributed by atoms with Gasteiger partial charge < -0.3 is 10.1 Å². The lowest BCUT2D eigenvalue weighted by Gasteiger charge is -2.20. The average molecular weight is 468 g/mol. The Morgan fingerprint density at radius 3 is 2.32 bits per heavy atom. The Bertz CT molecular complexity index is 1140. The van der Waals surface area contributed by atoms with E-state index in [2.05, 4.69) is 10.0 Å². The summed E-state index contributed by atoms with van der Waals surface area (Å²) in [6.45, 7) is 7.32. The van der Waals surface area contributed by atoms with E-state index in [1.165, 1.54) is 22.5 Å². The fourth-order valence-electron chi connectivity index (χ4n) is 3.43. The Hall–Kier alpha value is -2.30. The van der Waals surface area contributed by atoms with Crippen LogP contribution >= 0.6 is 0 Å². The first kappa shape index (κ1) is 23.4. The number of hydrogen-bond acceptors (Lipinski definition) is 6. The average Bonchev–Trinajstić information content (AvgIpc) is 3.21. The van der Waals surface area contributed by atoms with Crippen molar-refractivity contribution in [2.45, 2.75) is 43.4 Å². The second-order valence-corrected chi connectivity index (χ2v) is 10.8. The first-order chi connectivity index (χ1) is 14.7. The molecule has 0 fully saturated rings. The fraction of sp³-hybridized carbons (Fsp3) is 0.429. The molecule has 0 amide bonds. The number of rotatable bonds is 10. The molecule has 0 radical (unpaired) electrons. The van der Waals surface area contributed by atoms with Crippen LogP contribution in [0.4, 0.5) is 11.4 Å². The predicted octanol–water partition coefficient (Wildman–Crippen LogP) is 3.27. The SMILES string of the molecule is CCCNc1ccc(S(=O)(=O)N(CC)CC)cc1NS(=O)(=O)c1ccc2c(c1)CCO2. The molecule has 8 nitrogen and oxygen atoms in total. The van der Waals surface area contributed by atoms with Crippen molar-refractivity contribution in [3.63, 3.8) is 0 Å². The summed E-state index contributed by atoms with van der Waals surface area (Å²) in [6.07, 6.45) is 1.48. The monoisotopic (exact) mass is 467 g/mol. The van der Waals surface area contributed by atoms with Crippen LogP contribution in [0, 0.1) is 0 Å². The number of sulfonamides is 2. The molecule has 0 aromatic heterocycles. The summed E-state index contributed by atoms with van der Waals surface area (Å²) in [7, 11) is -7.67. The van der Waals surface area contributed by atoms with E-state index in [1.807, 2.05) is 6.92 Å². The van der Waals surface area contributed by atoms with Gasteiger partial charge in [0.05, 0.1) is 27.8 Å². The largest absolute Gasteiger partial charge is 0.493 e. The van der Waals surface area contributed by atoms with Gasteiger partial charge in [-0.3, -0.25) is 4.72 Å². The van der Waals surface area contributed by atoms with E-state index in [0.29, 0.717) is 44.1 Å². The van der Waals surface area contributed by atoms with Crippen molar-refractivity contribution in [3.8, 4) is 5.75 Å². The number of nitrogens with one attached hydrogen (secondary N) is 2. The molecule has 1 aliphatic heterocycles. The van der Waals surface area contributed by atoms with Gasteiger partial charge in [-0.1, -0.05) is 20.8 Å². The van der Waals surface area contributed by atoms with Crippen LogP contribution in [0.25, 0.3) is 0 Å². The molecule has 31 heavy (non-hydrogen) atoms. The molecule has 0 saturated heterocycles. The Morgan fingerprint density at radius 1 is 0.935 bits per heavy atom. The first-order valence-corrected chi connectivity index (χ1v) is 13.3. The Labute approximate surface area is 184 Å². The second-order valence-electron chi connectivity index (χ2n) is 7.20. The predicted molar refractivity (Wildman–Crippen MR) is 122 cm³/mol. The number of hydrogen-bond donors (Lipinski definition) is 2. The quantitative estimate of drug-likeness (QED) is 0.556. The minimum absolute atomic E-state index is 0.0401. The van der Waals surface area contributed by atoms with Gasteiger partial charge in [-0.15, -0.1) is 0 Å². The molecule has 2 aromatic carbocycles. The van der Waals surface area contributed by atoms with Crippen LogP contribution in [0.1, 0.15) is 32.8 Å². The summed E-state index contributed by atoms with van der Waals surface area (Å²) >= 11 is 0. The lowest BCUT2D eigenvalue weighted by atomic mass is 10.2. The van der Waals surface area contributed by atoms with Crippen molar-refractivity contribution in [3.05, 3.63) is 42.0 Å². The molecule has 2 aromatic rings. The second kappa shape index (κ2) is 9.46. The number of ether oxygens (including phenoxy) is 1. The zero-order valence-corrected chi connectivity index (χ0v) is 19.6. The lowest BCUT2D eigenvalue weighted by Crippen LogP contribution is -2.30. The molecule has 0 bridgehead atoms. The van der Waals surface area contributed by atoms with Gasteiger partial charge in [-0.05, 0) is 48.4 Å². The normalized spacial score (nSPS) is 13.7. The Morgan fingerprint density at radius 2 is 1.65 bits per heavy atom. The Balaban J connectivity index is 2.01.